The quantitative estimate of drug-likeness (QED) is 0.691. The summed E-state index contributed by atoms with van der Waals surface area (Å²) in [4.78, 5) is 3.92. The smallest absolute Gasteiger partial charge is 0.262 e. The van der Waals surface area contributed by atoms with Gasteiger partial charge in [-0.25, -0.2) is 26.2 Å². The van der Waals surface area contributed by atoms with Crippen molar-refractivity contribution in [3.63, 3.8) is 0 Å². The molecular formula is C16H15FN2O4S3. The molecule has 10 heteroatoms. The number of thiazole rings is 1. The van der Waals surface area contributed by atoms with Crippen LogP contribution >= 0.6 is 11.3 Å². The SMILES string of the molecule is CCS(=O)(=O)c1nc2ccc(NS(=O)(=O)c3cc(F)ccc3C)cc2s1. The van der Waals surface area contributed by atoms with Gasteiger partial charge in [0.2, 0.25) is 14.2 Å². The molecule has 2 aromatic carbocycles. The fourth-order valence-electron chi connectivity index (χ4n) is 2.30. The van der Waals surface area contributed by atoms with Gasteiger partial charge in [-0.05, 0) is 42.8 Å². The highest BCUT2D eigenvalue weighted by atomic mass is 32.2. The molecule has 26 heavy (non-hydrogen) atoms. The first kappa shape index (κ1) is 18.7. The second-order valence-electron chi connectivity index (χ2n) is 5.58. The van der Waals surface area contributed by atoms with Crippen LogP contribution in [0.2, 0.25) is 0 Å². The fraction of sp³-hybridized carbons (Fsp3) is 0.188. The Labute approximate surface area is 154 Å². The molecule has 0 saturated heterocycles. The first-order valence-corrected chi connectivity index (χ1v) is 11.5. The molecule has 1 N–H and O–H groups in total. The minimum Gasteiger partial charge on any atom is -0.280 e. The van der Waals surface area contributed by atoms with Gasteiger partial charge >= 0.3 is 0 Å². The highest BCUT2D eigenvalue weighted by Crippen LogP contribution is 2.29. The van der Waals surface area contributed by atoms with Crippen molar-refractivity contribution < 1.29 is 21.2 Å². The molecule has 3 aromatic rings. The van der Waals surface area contributed by atoms with Crippen LogP contribution in [0.15, 0.2) is 45.6 Å². The molecule has 0 aliphatic rings. The lowest BCUT2D eigenvalue weighted by Crippen LogP contribution is -2.14. The number of aryl methyl sites for hydroxylation is 1. The largest absolute Gasteiger partial charge is 0.280 e. The van der Waals surface area contributed by atoms with Crippen LogP contribution in [0.25, 0.3) is 10.2 Å². The third-order valence-corrected chi connectivity index (χ3v) is 8.44. The van der Waals surface area contributed by atoms with E-state index in [2.05, 4.69) is 9.71 Å². The summed E-state index contributed by atoms with van der Waals surface area (Å²) in [6.07, 6.45) is 0. The van der Waals surface area contributed by atoms with Crippen molar-refractivity contribution in [3.8, 4) is 0 Å². The number of hydrogen-bond acceptors (Lipinski definition) is 6. The molecule has 0 fully saturated rings. The summed E-state index contributed by atoms with van der Waals surface area (Å²) in [5, 5.41) is 0. The lowest BCUT2D eigenvalue weighted by atomic mass is 10.2. The summed E-state index contributed by atoms with van der Waals surface area (Å²) in [5.41, 5.74) is 1.12. The Morgan fingerprint density at radius 3 is 2.54 bits per heavy atom. The van der Waals surface area contributed by atoms with Gasteiger partial charge in [-0.3, -0.25) is 4.72 Å². The third-order valence-electron chi connectivity index (χ3n) is 3.71. The van der Waals surface area contributed by atoms with Crippen molar-refractivity contribution in [1.82, 2.24) is 4.98 Å². The Kier molecular flexibility index (Phi) is 4.76. The molecule has 0 radical (unpaired) electrons. The van der Waals surface area contributed by atoms with E-state index in [4.69, 9.17) is 0 Å². The molecular weight excluding hydrogens is 399 g/mol. The summed E-state index contributed by atoms with van der Waals surface area (Å²) in [5.74, 6) is -0.714. The minimum absolute atomic E-state index is 0.00372. The van der Waals surface area contributed by atoms with Crippen molar-refractivity contribution in [2.75, 3.05) is 10.5 Å². The Morgan fingerprint density at radius 1 is 1.12 bits per heavy atom. The van der Waals surface area contributed by atoms with Gasteiger partial charge in [-0.2, -0.15) is 0 Å². The van der Waals surface area contributed by atoms with Gasteiger partial charge in [0.1, 0.15) is 5.82 Å². The molecule has 3 rings (SSSR count). The zero-order chi connectivity index (χ0) is 19.1. The average Bonchev–Trinajstić information content (AvgIpc) is 3.00. The summed E-state index contributed by atoms with van der Waals surface area (Å²) < 4.78 is 65.3. The van der Waals surface area contributed by atoms with Crippen molar-refractivity contribution in [2.45, 2.75) is 23.1 Å². The van der Waals surface area contributed by atoms with Crippen molar-refractivity contribution in [1.29, 1.82) is 0 Å². The number of aromatic nitrogens is 1. The topological polar surface area (TPSA) is 93.2 Å². The molecule has 6 nitrogen and oxygen atoms in total. The maximum atomic E-state index is 13.4. The van der Waals surface area contributed by atoms with E-state index in [9.17, 15) is 21.2 Å². The number of sulfonamides is 1. The zero-order valence-electron chi connectivity index (χ0n) is 13.9. The maximum absolute atomic E-state index is 13.4. The number of nitrogens with zero attached hydrogens (tertiary/aromatic N) is 1. The van der Waals surface area contributed by atoms with Gasteiger partial charge in [-0.1, -0.05) is 13.0 Å². The highest BCUT2D eigenvalue weighted by molar-refractivity contribution is 7.93. The summed E-state index contributed by atoms with van der Waals surface area (Å²) in [6, 6.07) is 8.06. The Bertz CT molecular complexity index is 1200. The minimum atomic E-state index is -3.99. The number of benzene rings is 2. The van der Waals surface area contributed by atoms with Crippen molar-refractivity contribution in [2.24, 2.45) is 0 Å². The van der Waals surface area contributed by atoms with Crippen LogP contribution in [0.1, 0.15) is 12.5 Å². The molecule has 138 valence electrons. The number of hydrogen-bond donors (Lipinski definition) is 1. The van der Waals surface area contributed by atoms with E-state index in [1.165, 1.54) is 37.3 Å². The highest BCUT2D eigenvalue weighted by Gasteiger charge is 2.20. The molecule has 1 aromatic heterocycles. The van der Waals surface area contributed by atoms with E-state index in [1.54, 1.807) is 6.92 Å². The van der Waals surface area contributed by atoms with Gasteiger partial charge in [0.25, 0.3) is 10.0 Å². The van der Waals surface area contributed by atoms with Gasteiger partial charge in [-0.15, -0.1) is 11.3 Å². The van der Waals surface area contributed by atoms with Crippen molar-refractivity contribution in [3.05, 3.63) is 47.8 Å². The number of anilines is 1. The molecule has 0 atom stereocenters. The van der Waals surface area contributed by atoms with Gasteiger partial charge in [0.05, 0.1) is 26.6 Å². The summed E-state index contributed by atoms with van der Waals surface area (Å²) >= 11 is 0.976. The summed E-state index contributed by atoms with van der Waals surface area (Å²) in [7, 11) is -7.42. The molecule has 0 aliphatic heterocycles. The van der Waals surface area contributed by atoms with Crippen LogP contribution < -0.4 is 4.72 Å². The Morgan fingerprint density at radius 2 is 1.85 bits per heavy atom. The molecule has 0 aliphatic carbocycles. The number of nitrogens with one attached hydrogen (secondary N) is 1. The van der Waals surface area contributed by atoms with Crippen LogP contribution in [-0.4, -0.2) is 27.6 Å². The molecule has 0 saturated carbocycles. The second-order valence-corrected chi connectivity index (χ2v) is 10.7. The lowest BCUT2D eigenvalue weighted by molar-refractivity contribution is 0.594. The van der Waals surface area contributed by atoms with Crippen LogP contribution in [0.5, 0.6) is 0 Å². The predicted molar refractivity (Wildman–Crippen MR) is 99.3 cm³/mol. The van der Waals surface area contributed by atoms with Crippen LogP contribution in [0, 0.1) is 12.7 Å². The molecule has 0 amide bonds. The van der Waals surface area contributed by atoms with E-state index in [0.717, 1.165) is 17.4 Å². The van der Waals surface area contributed by atoms with Crippen LogP contribution in [0.4, 0.5) is 10.1 Å². The van der Waals surface area contributed by atoms with Crippen LogP contribution in [-0.2, 0) is 19.9 Å². The monoisotopic (exact) mass is 414 g/mol. The predicted octanol–water partition coefficient (Wildman–Crippen LogP) is 3.34. The lowest BCUT2D eigenvalue weighted by Gasteiger charge is -2.10. The van der Waals surface area contributed by atoms with Gasteiger partial charge < -0.3 is 0 Å². The average molecular weight is 415 g/mol. The fourth-order valence-corrected chi connectivity index (χ4v) is 5.96. The zero-order valence-corrected chi connectivity index (χ0v) is 16.3. The number of rotatable bonds is 5. The van der Waals surface area contributed by atoms with Gasteiger partial charge in [0.15, 0.2) is 0 Å². The van der Waals surface area contributed by atoms with Crippen molar-refractivity contribution >= 4 is 47.1 Å². The number of halogens is 1. The first-order valence-electron chi connectivity index (χ1n) is 7.55. The Hall–Kier alpha value is -2.04. The molecule has 1 heterocycles. The molecule has 0 unspecified atom stereocenters. The maximum Gasteiger partial charge on any atom is 0.262 e. The molecule has 0 spiro atoms. The van der Waals surface area contributed by atoms with E-state index < -0.39 is 25.7 Å². The molecule has 0 bridgehead atoms. The van der Waals surface area contributed by atoms with E-state index in [-0.39, 0.29) is 20.7 Å². The summed E-state index contributed by atoms with van der Waals surface area (Å²) in [6.45, 7) is 3.10. The van der Waals surface area contributed by atoms with E-state index >= 15 is 0 Å². The first-order chi connectivity index (χ1) is 12.1. The van der Waals surface area contributed by atoms with E-state index in [0.29, 0.717) is 15.8 Å². The van der Waals surface area contributed by atoms with Crippen LogP contribution in [0.3, 0.4) is 0 Å². The normalized spacial score (nSPS) is 12.4. The number of sulfone groups is 1. The third kappa shape index (κ3) is 3.57. The Balaban J connectivity index is 2.00. The second kappa shape index (κ2) is 6.60. The van der Waals surface area contributed by atoms with E-state index in [1.807, 2.05) is 0 Å². The number of fused-ring (bicyclic) bond motifs is 1. The van der Waals surface area contributed by atoms with Gasteiger partial charge in [0, 0.05) is 0 Å². The standard InChI is InChI=1S/C16H15FN2O4S3/c1-3-25(20,21)16-18-13-7-6-12(9-14(13)24-16)19-26(22,23)15-8-11(17)5-4-10(15)2/h4-9,19H,3H2,1-2H3.